The van der Waals surface area contributed by atoms with E-state index in [0.717, 1.165) is 29.3 Å². The number of carbonyl (C=O) groups excluding carboxylic acids is 2. The van der Waals surface area contributed by atoms with Gasteiger partial charge in [0.15, 0.2) is 0 Å². The van der Waals surface area contributed by atoms with Crippen LogP contribution in [0.5, 0.6) is 5.75 Å². The van der Waals surface area contributed by atoms with Crippen molar-refractivity contribution in [3.63, 3.8) is 0 Å². The van der Waals surface area contributed by atoms with E-state index in [4.69, 9.17) is 4.74 Å². The van der Waals surface area contributed by atoms with E-state index in [0.29, 0.717) is 35.7 Å². The van der Waals surface area contributed by atoms with Gasteiger partial charge in [-0.25, -0.2) is 0 Å². The van der Waals surface area contributed by atoms with Crippen LogP contribution < -0.4 is 15.4 Å². The van der Waals surface area contributed by atoms with Crippen molar-refractivity contribution >= 4 is 33.4 Å². The summed E-state index contributed by atoms with van der Waals surface area (Å²) in [6.45, 7) is 3.17. The Kier molecular flexibility index (Phi) is 9.51. The maximum absolute atomic E-state index is 13.0. The second-order valence-corrected chi connectivity index (χ2v) is 8.67. The maximum atomic E-state index is 13.0. The zero-order valence-corrected chi connectivity index (χ0v) is 20.4. The number of anilines is 1. The van der Waals surface area contributed by atoms with Gasteiger partial charge in [-0.2, -0.15) is 0 Å². The van der Waals surface area contributed by atoms with Gasteiger partial charge < -0.3 is 15.4 Å². The third-order valence-electron chi connectivity index (χ3n) is 5.12. The number of amides is 2. The van der Waals surface area contributed by atoms with Gasteiger partial charge in [-0.3, -0.25) is 9.59 Å². The fourth-order valence-corrected chi connectivity index (χ4v) is 3.69. The molecule has 3 aromatic carbocycles. The van der Waals surface area contributed by atoms with Crippen molar-refractivity contribution in [3.8, 4) is 5.75 Å². The Morgan fingerprint density at radius 2 is 1.70 bits per heavy atom. The molecule has 2 N–H and O–H groups in total. The lowest BCUT2D eigenvalue weighted by molar-refractivity contribution is 0.0949. The van der Waals surface area contributed by atoms with Gasteiger partial charge in [0.1, 0.15) is 5.75 Å². The summed E-state index contributed by atoms with van der Waals surface area (Å²) in [6.07, 6.45) is 4.39. The molecule has 0 radical (unpaired) electrons. The summed E-state index contributed by atoms with van der Waals surface area (Å²) in [5.74, 6) is 0.0548. The predicted octanol–water partition coefficient (Wildman–Crippen LogP) is 6.59. The third-order valence-corrected chi connectivity index (χ3v) is 5.61. The molecule has 0 unspecified atom stereocenters. The Morgan fingerprint density at radius 1 is 0.879 bits per heavy atom. The van der Waals surface area contributed by atoms with Crippen molar-refractivity contribution in [2.75, 3.05) is 11.9 Å². The Hall–Kier alpha value is -3.12. The van der Waals surface area contributed by atoms with E-state index in [1.807, 2.05) is 36.4 Å². The molecule has 0 aliphatic carbocycles. The smallest absolute Gasteiger partial charge is 0.259 e. The number of carbonyl (C=O) groups is 2. The topological polar surface area (TPSA) is 67.4 Å². The number of benzene rings is 3. The zero-order chi connectivity index (χ0) is 23.5. The number of nitrogens with one attached hydrogen (secondary N) is 2. The fourth-order valence-electron chi connectivity index (χ4n) is 3.33. The summed E-state index contributed by atoms with van der Waals surface area (Å²) < 4.78 is 6.68. The molecule has 0 spiro atoms. The van der Waals surface area contributed by atoms with Crippen LogP contribution in [0.4, 0.5) is 5.69 Å². The Morgan fingerprint density at radius 3 is 2.48 bits per heavy atom. The van der Waals surface area contributed by atoms with E-state index < -0.39 is 0 Å². The first kappa shape index (κ1) is 24.5. The standard InChI is InChI=1S/C27H29BrN2O3/c1-2-3-4-8-16-33-25-15-14-22(28)18-24(25)27(32)30-23-13-9-12-21(17-23)26(31)29-19-20-10-6-5-7-11-20/h5-7,9-15,17-18H,2-4,8,16,19H2,1H3,(H,29,31)(H,30,32). The number of rotatable bonds is 11. The molecule has 0 aliphatic rings. The van der Waals surface area contributed by atoms with E-state index in [-0.39, 0.29) is 11.8 Å². The van der Waals surface area contributed by atoms with Crippen LogP contribution in [-0.2, 0) is 6.54 Å². The van der Waals surface area contributed by atoms with Crippen molar-refractivity contribution in [2.45, 2.75) is 39.2 Å². The second kappa shape index (κ2) is 12.8. The minimum Gasteiger partial charge on any atom is -0.493 e. The third kappa shape index (κ3) is 7.75. The molecule has 0 fully saturated rings. The highest BCUT2D eigenvalue weighted by Gasteiger charge is 2.15. The molecule has 0 heterocycles. The number of ether oxygens (including phenoxy) is 1. The molecule has 6 heteroatoms. The summed E-state index contributed by atoms with van der Waals surface area (Å²) in [6, 6.07) is 22.0. The van der Waals surface area contributed by atoms with Gasteiger partial charge in [-0.15, -0.1) is 0 Å². The molecule has 0 aliphatic heterocycles. The van der Waals surface area contributed by atoms with Crippen LogP contribution in [0.2, 0.25) is 0 Å². The molecule has 0 atom stereocenters. The monoisotopic (exact) mass is 508 g/mol. The van der Waals surface area contributed by atoms with E-state index in [2.05, 4.69) is 33.5 Å². The number of unbranched alkanes of at least 4 members (excludes halogenated alkanes) is 3. The number of hydrogen-bond donors (Lipinski definition) is 2. The maximum Gasteiger partial charge on any atom is 0.259 e. The quantitative estimate of drug-likeness (QED) is 0.287. The lowest BCUT2D eigenvalue weighted by Gasteiger charge is -2.13. The van der Waals surface area contributed by atoms with Crippen LogP contribution in [-0.4, -0.2) is 18.4 Å². The minimum absolute atomic E-state index is 0.200. The molecule has 0 aromatic heterocycles. The van der Waals surface area contributed by atoms with Gasteiger partial charge >= 0.3 is 0 Å². The van der Waals surface area contributed by atoms with Crippen LogP contribution in [0.1, 0.15) is 58.9 Å². The van der Waals surface area contributed by atoms with E-state index in [1.54, 1.807) is 36.4 Å². The molecule has 0 saturated heterocycles. The number of halogens is 1. The first-order valence-corrected chi connectivity index (χ1v) is 12.0. The van der Waals surface area contributed by atoms with E-state index in [1.165, 1.54) is 6.42 Å². The summed E-state index contributed by atoms with van der Waals surface area (Å²) >= 11 is 3.43. The number of hydrogen-bond acceptors (Lipinski definition) is 3. The Labute approximate surface area is 203 Å². The van der Waals surface area contributed by atoms with Gasteiger partial charge in [-0.1, -0.05) is 78.5 Å². The molecule has 3 rings (SSSR count). The lowest BCUT2D eigenvalue weighted by Crippen LogP contribution is -2.23. The molecule has 0 bridgehead atoms. The highest BCUT2D eigenvalue weighted by Crippen LogP contribution is 2.25. The van der Waals surface area contributed by atoms with E-state index in [9.17, 15) is 9.59 Å². The van der Waals surface area contributed by atoms with Crippen LogP contribution >= 0.6 is 15.9 Å². The summed E-state index contributed by atoms with van der Waals surface area (Å²) in [4.78, 5) is 25.6. The molecule has 33 heavy (non-hydrogen) atoms. The van der Waals surface area contributed by atoms with Crippen LogP contribution in [0.25, 0.3) is 0 Å². The molecule has 172 valence electrons. The SMILES string of the molecule is CCCCCCOc1ccc(Br)cc1C(=O)Nc1cccc(C(=O)NCc2ccccc2)c1. The lowest BCUT2D eigenvalue weighted by atomic mass is 10.1. The summed E-state index contributed by atoms with van der Waals surface area (Å²) in [5, 5.41) is 5.79. The van der Waals surface area contributed by atoms with Crippen molar-refractivity contribution in [1.82, 2.24) is 5.32 Å². The summed E-state index contributed by atoms with van der Waals surface area (Å²) in [7, 11) is 0. The fraction of sp³-hybridized carbons (Fsp3) is 0.259. The van der Waals surface area contributed by atoms with E-state index >= 15 is 0 Å². The van der Waals surface area contributed by atoms with Gasteiger partial charge in [0.2, 0.25) is 0 Å². The molecule has 5 nitrogen and oxygen atoms in total. The molecule has 3 aromatic rings. The van der Waals surface area contributed by atoms with Crippen LogP contribution in [0.15, 0.2) is 77.3 Å². The highest BCUT2D eigenvalue weighted by atomic mass is 79.9. The van der Waals surface area contributed by atoms with Crippen molar-refractivity contribution < 1.29 is 14.3 Å². The van der Waals surface area contributed by atoms with Crippen molar-refractivity contribution in [1.29, 1.82) is 0 Å². The normalized spacial score (nSPS) is 10.5. The van der Waals surface area contributed by atoms with Gasteiger partial charge in [0.05, 0.1) is 12.2 Å². The Bertz CT molecular complexity index is 1070. The average Bonchev–Trinajstić information content (AvgIpc) is 2.84. The van der Waals surface area contributed by atoms with Crippen molar-refractivity contribution in [2.24, 2.45) is 0 Å². The van der Waals surface area contributed by atoms with Crippen molar-refractivity contribution in [3.05, 3.63) is 94.0 Å². The molecular weight excluding hydrogens is 480 g/mol. The van der Waals surface area contributed by atoms with Crippen LogP contribution in [0.3, 0.4) is 0 Å². The summed E-state index contributed by atoms with van der Waals surface area (Å²) in [5.41, 5.74) is 2.48. The predicted molar refractivity (Wildman–Crippen MR) is 136 cm³/mol. The molecular formula is C27H29BrN2O3. The zero-order valence-electron chi connectivity index (χ0n) is 18.8. The largest absolute Gasteiger partial charge is 0.493 e. The van der Waals surface area contributed by atoms with Gasteiger partial charge in [-0.05, 0) is 48.4 Å². The first-order chi connectivity index (χ1) is 16.1. The highest BCUT2D eigenvalue weighted by molar-refractivity contribution is 9.10. The van der Waals surface area contributed by atoms with Gasteiger partial charge in [0, 0.05) is 22.3 Å². The Balaban J connectivity index is 1.64. The second-order valence-electron chi connectivity index (χ2n) is 7.75. The minimum atomic E-state index is -0.290. The molecule has 0 saturated carbocycles. The van der Waals surface area contributed by atoms with Gasteiger partial charge in [0.25, 0.3) is 11.8 Å². The van der Waals surface area contributed by atoms with Crippen LogP contribution in [0, 0.1) is 0 Å². The molecule has 2 amide bonds. The average molecular weight is 509 g/mol. The first-order valence-electron chi connectivity index (χ1n) is 11.2.